The van der Waals surface area contributed by atoms with Crippen molar-refractivity contribution in [1.29, 1.82) is 0 Å². The third kappa shape index (κ3) is 3.93. The molecular formula is C20H26N4O2S. The Balaban J connectivity index is 1.47. The van der Waals surface area contributed by atoms with Crippen molar-refractivity contribution in [2.45, 2.75) is 45.6 Å². The number of carbonyl (C=O) groups is 2. The predicted octanol–water partition coefficient (Wildman–Crippen LogP) is 3.61. The van der Waals surface area contributed by atoms with E-state index in [0.717, 1.165) is 30.9 Å². The van der Waals surface area contributed by atoms with Gasteiger partial charge in [-0.3, -0.25) is 9.59 Å². The van der Waals surface area contributed by atoms with Gasteiger partial charge in [0.2, 0.25) is 0 Å². The number of aromatic amines is 1. The van der Waals surface area contributed by atoms with E-state index in [2.05, 4.69) is 29.1 Å². The molecule has 2 aromatic rings. The minimum absolute atomic E-state index is 0.0280. The number of thiazole rings is 1. The van der Waals surface area contributed by atoms with Gasteiger partial charge in [-0.25, -0.2) is 4.98 Å². The van der Waals surface area contributed by atoms with E-state index in [9.17, 15) is 9.59 Å². The largest absolute Gasteiger partial charge is 0.357 e. The molecule has 4 rings (SSSR count). The van der Waals surface area contributed by atoms with Gasteiger partial charge in [0.05, 0.1) is 6.04 Å². The van der Waals surface area contributed by atoms with E-state index in [4.69, 9.17) is 0 Å². The fourth-order valence-electron chi connectivity index (χ4n) is 3.80. The molecule has 1 saturated heterocycles. The summed E-state index contributed by atoms with van der Waals surface area (Å²) in [4.78, 5) is 34.8. The highest BCUT2D eigenvalue weighted by atomic mass is 32.1. The van der Waals surface area contributed by atoms with Crippen LogP contribution >= 0.6 is 11.3 Å². The highest BCUT2D eigenvalue weighted by Gasteiger charge is 2.49. The molecule has 2 amide bonds. The maximum Gasteiger partial charge on any atom is 0.273 e. The quantitative estimate of drug-likeness (QED) is 0.796. The Bertz CT molecular complexity index is 823. The van der Waals surface area contributed by atoms with Crippen LogP contribution in [0.3, 0.4) is 0 Å². The lowest BCUT2D eigenvalue weighted by Gasteiger charge is -2.18. The van der Waals surface area contributed by atoms with E-state index in [1.54, 1.807) is 18.3 Å². The number of nitrogens with zero attached hydrogens (tertiary/aromatic N) is 2. The van der Waals surface area contributed by atoms with E-state index in [1.807, 2.05) is 10.3 Å². The van der Waals surface area contributed by atoms with Crippen LogP contribution in [0, 0.1) is 11.3 Å². The smallest absolute Gasteiger partial charge is 0.273 e. The summed E-state index contributed by atoms with van der Waals surface area (Å²) in [5, 5.41) is 5.70. The van der Waals surface area contributed by atoms with Crippen molar-refractivity contribution in [2.75, 3.05) is 13.1 Å². The van der Waals surface area contributed by atoms with Crippen LogP contribution in [0.4, 0.5) is 0 Å². The summed E-state index contributed by atoms with van der Waals surface area (Å²) in [6, 6.07) is 3.36. The highest BCUT2D eigenvalue weighted by Crippen LogP contribution is 2.52. The summed E-state index contributed by atoms with van der Waals surface area (Å²) >= 11 is 1.46. The Labute approximate surface area is 163 Å². The number of hydrogen-bond acceptors (Lipinski definition) is 4. The zero-order chi connectivity index (χ0) is 19.0. The summed E-state index contributed by atoms with van der Waals surface area (Å²) < 4.78 is 0. The molecule has 1 aliphatic carbocycles. The molecule has 2 N–H and O–H groups in total. The third-order valence-electron chi connectivity index (χ3n) is 5.58. The van der Waals surface area contributed by atoms with Crippen LogP contribution in [0.15, 0.2) is 23.7 Å². The van der Waals surface area contributed by atoms with Crippen molar-refractivity contribution < 1.29 is 9.59 Å². The number of nitrogens with one attached hydrogen (secondary N) is 2. The van der Waals surface area contributed by atoms with Crippen LogP contribution in [-0.2, 0) is 0 Å². The molecule has 27 heavy (non-hydrogen) atoms. The Morgan fingerprint density at radius 2 is 2.19 bits per heavy atom. The zero-order valence-electron chi connectivity index (χ0n) is 15.8. The van der Waals surface area contributed by atoms with Crippen molar-refractivity contribution in [1.82, 2.24) is 20.2 Å². The summed E-state index contributed by atoms with van der Waals surface area (Å²) in [5.41, 5.74) is 1.46. The van der Waals surface area contributed by atoms with E-state index in [-0.39, 0.29) is 17.9 Å². The molecule has 0 aromatic carbocycles. The second kappa shape index (κ2) is 7.11. The molecule has 0 unspecified atom stereocenters. The van der Waals surface area contributed by atoms with Crippen molar-refractivity contribution in [2.24, 2.45) is 11.3 Å². The van der Waals surface area contributed by atoms with E-state index in [0.29, 0.717) is 22.7 Å². The predicted molar refractivity (Wildman–Crippen MR) is 105 cm³/mol. The molecule has 3 heterocycles. The maximum atomic E-state index is 12.8. The van der Waals surface area contributed by atoms with Crippen LogP contribution in [0.1, 0.15) is 71.6 Å². The number of likely N-dealkylation sites (tertiary alicyclic amines) is 1. The summed E-state index contributed by atoms with van der Waals surface area (Å²) in [5.74, 6) is 0.277. The minimum Gasteiger partial charge on any atom is -0.357 e. The third-order valence-corrected chi connectivity index (χ3v) is 6.54. The van der Waals surface area contributed by atoms with Gasteiger partial charge in [-0.2, -0.15) is 0 Å². The second-order valence-electron chi connectivity index (χ2n) is 8.29. The molecule has 7 heteroatoms. The topological polar surface area (TPSA) is 78.1 Å². The first-order chi connectivity index (χ1) is 13.0. The van der Waals surface area contributed by atoms with Crippen LogP contribution in [0.5, 0.6) is 0 Å². The van der Waals surface area contributed by atoms with Gasteiger partial charge >= 0.3 is 0 Å². The van der Waals surface area contributed by atoms with Gasteiger partial charge < -0.3 is 15.2 Å². The van der Waals surface area contributed by atoms with Crippen LogP contribution in [0.2, 0.25) is 0 Å². The first kappa shape index (κ1) is 18.2. The van der Waals surface area contributed by atoms with E-state index < -0.39 is 0 Å². The summed E-state index contributed by atoms with van der Waals surface area (Å²) in [7, 11) is 0. The molecular weight excluding hydrogens is 360 g/mol. The van der Waals surface area contributed by atoms with Crippen LogP contribution < -0.4 is 5.32 Å². The maximum absolute atomic E-state index is 12.8. The van der Waals surface area contributed by atoms with E-state index >= 15 is 0 Å². The van der Waals surface area contributed by atoms with Crippen LogP contribution in [-0.4, -0.2) is 39.8 Å². The second-order valence-corrected chi connectivity index (χ2v) is 9.18. The standard InChI is InChI=1S/C20H26N4O2S/c1-13(2)10-15(22-17(25)14-4-3-8-21-14)18-23-16(11-27-18)19(26)24-9-7-20(12-24)5-6-20/h3-4,8,11,13,15,21H,5-7,9-10,12H2,1-2H3,(H,22,25)/t15-/m1/s1. The van der Waals surface area contributed by atoms with Gasteiger partial charge in [0.25, 0.3) is 11.8 Å². The van der Waals surface area contributed by atoms with Crippen molar-refractivity contribution in [3.63, 3.8) is 0 Å². The number of H-pyrrole nitrogens is 1. The van der Waals surface area contributed by atoms with Gasteiger partial charge in [0.1, 0.15) is 16.4 Å². The molecule has 144 valence electrons. The molecule has 1 spiro atoms. The number of aromatic nitrogens is 2. The van der Waals surface area contributed by atoms with Gasteiger partial charge in [0.15, 0.2) is 0 Å². The molecule has 0 bridgehead atoms. The molecule has 0 radical (unpaired) electrons. The summed E-state index contributed by atoms with van der Waals surface area (Å²) in [6.45, 7) is 5.95. The molecule has 6 nitrogen and oxygen atoms in total. The van der Waals surface area contributed by atoms with E-state index in [1.165, 1.54) is 24.2 Å². The van der Waals surface area contributed by atoms with Crippen molar-refractivity contribution in [3.8, 4) is 0 Å². The Kier molecular flexibility index (Phi) is 4.80. The molecule has 2 aliphatic rings. The first-order valence-corrected chi connectivity index (χ1v) is 10.5. The lowest BCUT2D eigenvalue weighted by Crippen LogP contribution is -2.31. The van der Waals surface area contributed by atoms with Gasteiger partial charge in [0, 0.05) is 24.7 Å². The average Bonchev–Trinajstić information content (AvgIpc) is 3.11. The Morgan fingerprint density at radius 1 is 1.37 bits per heavy atom. The van der Waals surface area contributed by atoms with Gasteiger partial charge in [-0.1, -0.05) is 13.8 Å². The number of rotatable bonds is 6. The Morgan fingerprint density at radius 3 is 2.81 bits per heavy atom. The normalized spacial score (nSPS) is 18.9. The van der Waals surface area contributed by atoms with Gasteiger partial charge in [-0.05, 0) is 49.1 Å². The lowest BCUT2D eigenvalue weighted by atomic mass is 10.0. The zero-order valence-corrected chi connectivity index (χ0v) is 16.6. The van der Waals surface area contributed by atoms with Crippen molar-refractivity contribution >= 4 is 23.2 Å². The fraction of sp³-hybridized carbons (Fsp3) is 0.550. The average molecular weight is 387 g/mol. The Hall–Kier alpha value is -2.15. The lowest BCUT2D eigenvalue weighted by molar-refractivity contribution is 0.0780. The molecule has 1 atom stereocenters. The molecule has 1 saturated carbocycles. The number of carbonyl (C=O) groups excluding carboxylic acids is 2. The first-order valence-electron chi connectivity index (χ1n) is 9.65. The van der Waals surface area contributed by atoms with Gasteiger partial charge in [-0.15, -0.1) is 11.3 Å². The molecule has 1 aliphatic heterocycles. The number of hydrogen-bond donors (Lipinski definition) is 2. The summed E-state index contributed by atoms with van der Waals surface area (Å²) in [6.07, 6.45) is 6.13. The van der Waals surface area contributed by atoms with Crippen LogP contribution in [0.25, 0.3) is 0 Å². The number of amides is 2. The SMILES string of the molecule is CC(C)C[C@@H](NC(=O)c1ccc[nH]1)c1nc(C(=O)N2CCC3(CC3)C2)cs1. The van der Waals surface area contributed by atoms with Crippen molar-refractivity contribution in [3.05, 3.63) is 40.1 Å². The highest BCUT2D eigenvalue weighted by molar-refractivity contribution is 7.09. The molecule has 2 aromatic heterocycles. The molecule has 2 fully saturated rings. The minimum atomic E-state index is -0.194. The monoisotopic (exact) mass is 386 g/mol. The fourth-order valence-corrected chi connectivity index (χ4v) is 4.66.